The van der Waals surface area contributed by atoms with Gasteiger partial charge in [-0.1, -0.05) is 36.4 Å². The molecule has 2 aromatic carbocycles. The van der Waals surface area contributed by atoms with E-state index in [1.54, 1.807) is 33.4 Å². The van der Waals surface area contributed by atoms with Crippen LogP contribution in [0.2, 0.25) is 0 Å². The van der Waals surface area contributed by atoms with Crippen molar-refractivity contribution >= 4 is 40.9 Å². The maximum atomic E-state index is 14.6. The molecule has 0 saturated carbocycles. The van der Waals surface area contributed by atoms with Gasteiger partial charge >= 0.3 is 0 Å². The van der Waals surface area contributed by atoms with E-state index in [9.17, 15) is 19.5 Å². The van der Waals surface area contributed by atoms with E-state index in [0.29, 0.717) is 19.7 Å². The molecule has 1 spiro atoms. The van der Waals surface area contributed by atoms with Crippen molar-refractivity contribution in [1.29, 1.82) is 0 Å². The molecule has 42 heavy (non-hydrogen) atoms. The fourth-order valence-electron chi connectivity index (χ4n) is 6.99. The number of thioether (sulfide) groups is 1. The van der Waals surface area contributed by atoms with Crippen LogP contribution in [0.3, 0.4) is 0 Å². The van der Waals surface area contributed by atoms with Gasteiger partial charge < -0.3 is 24.5 Å². The lowest BCUT2D eigenvalue weighted by Gasteiger charge is -2.37. The summed E-state index contributed by atoms with van der Waals surface area (Å²) in [5.41, 5.74) is 3.55. The summed E-state index contributed by atoms with van der Waals surface area (Å²) in [6, 6.07) is 12.0. The molecule has 4 aliphatic heterocycles. The maximum Gasteiger partial charge on any atom is 0.251 e. The van der Waals surface area contributed by atoms with Crippen molar-refractivity contribution in [3.05, 3.63) is 77.9 Å². The third-order valence-corrected chi connectivity index (χ3v) is 10.7. The standard InChI is InChI=1S/C33H37N3O5S/c1-5-41-24-13-11-23(12-14-24)34-16-6-8-26-27(30(34)38)28-31(39)36(22(4)19-37)29-32(40)35(17-7-15-33(28,29)42-26)25-18-20(2)9-10-21(25)3/h6-15,18,22,26-29,37H,5,16-17,19H2,1-4H3/t22-,26+,27-,28+,29?,33+/m1/s1. The zero-order chi connectivity index (χ0) is 29.8. The lowest BCUT2D eigenvalue weighted by Crippen LogP contribution is -2.56. The summed E-state index contributed by atoms with van der Waals surface area (Å²) in [7, 11) is 0. The van der Waals surface area contributed by atoms with E-state index in [1.807, 2.05) is 87.5 Å². The van der Waals surface area contributed by atoms with Gasteiger partial charge in [0.25, 0.3) is 5.91 Å². The van der Waals surface area contributed by atoms with Crippen molar-refractivity contribution in [3.8, 4) is 5.75 Å². The molecule has 1 unspecified atom stereocenters. The predicted molar refractivity (Wildman–Crippen MR) is 165 cm³/mol. The van der Waals surface area contributed by atoms with Crippen LogP contribution >= 0.6 is 11.8 Å². The quantitative estimate of drug-likeness (QED) is 0.516. The molecule has 2 aromatic rings. The number of ether oxygens (including phenoxy) is 1. The van der Waals surface area contributed by atoms with Gasteiger partial charge in [0.05, 0.1) is 35.8 Å². The van der Waals surface area contributed by atoms with Crippen LogP contribution in [0, 0.1) is 25.7 Å². The molecular weight excluding hydrogens is 550 g/mol. The maximum absolute atomic E-state index is 14.6. The second-order valence-corrected chi connectivity index (χ2v) is 13.1. The second-order valence-electron chi connectivity index (χ2n) is 11.6. The van der Waals surface area contributed by atoms with Gasteiger partial charge in [0.15, 0.2) is 0 Å². The molecule has 220 valence electrons. The molecule has 8 nitrogen and oxygen atoms in total. The first-order chi connectivity index (χ1) is 20.2. The number of anilines is 2. The van der Waals surface area contributed by atoms with Gasteiger partial charge in [-0.25, -0.2) is 0 Å². The minimum Gasteiger partial charge on any atom is -0.494 e. The van der Waals surface area contributed by atoms with Crippen LogP contribution in [-0.4, -0.2) is 76.1 Å². The Bertz CT molecular complexity index is 1470. The normalized spacial score (nSPS) is 29.3. The average Bonchev–Trinajstić information content (AvgIpc) is 3.30. The van der Waals surface area contributed by atoms with E-state index in [-0.39, 0.29) is 29.6 Å². The number of nitrogens with zero attached hydrogens (tertiary/aromatic N) is 3. The number of rotatable bonds is 6. The van der Waals surface area contributed by atoms with Crippen molar-refractivity contribution in [2.45, 2.75) is 49.8 Å². The zero-order valence-corrected chi connectivity index (χ0v) is 25.2. The number of likely N-dealkylation sites (tertiary alicyclic amines) is 1. The second kappa shape index (κ2) is 10.9. The number of fused-ring (bicyclic) bond motifs is 2. The summed E-state index contributed by atoms with van der Waals surface area (Å²) in [6.07, 6.45) is 8.01. The summed E-state index contributed by atoms with van der Waals surface area (Å²) in [6.45, 7) is 8.68. The molecule has 4 aliphatic rings. The van der Waals surface area contributed by atoms with Crippen molar-refractivity contribution in [1.82, 2.24) is 4.90 Å². The number of hydrogen-bond acceptors (Lipinski definition) is 6. The summed E-state index contributed by atoms with van der Waals surface area (Å²) >= 11 is 1.54. The van der Waals surface area contributed by atoms with E-state index in [4.69, 9.17) is 4.74 Å². The minimum atomic E-state index is -0.943. The van der Waals surface area contributed by atoms with Gasteiger partial charge in [-0.05, 0) is 69.2 Å². The minimum absolute atomic E-state index is 0.134. The first-order valence-electron chi connectivity index (χ1n) is 14.6. The van der Waals surface area contributed by atoms with Gasteiger partial charge in [-0.2, -0.15) is 0 Å². The van der Waals surface area contributed by atoms with Gasteiger partial charge in [-0.3, -0.25) is 14.4 Å². The lowest BCUT2D eigenvalue weighted by atomic mass is 9.78. The molecule has 4 heterocycles. The molecule has 2 saturated heterocycles. The highest BCUT2D eigenvalue weighted by atomic mass is 32.2. The molecular formula is C33H37N3O5S. The van der Waals surface area contributed by atoms with E-state index in [2.05, 4.69) is 0 Å². The molecule has 9 heteroatoms. The molecule has 0 aliphatic carbocycles. The number of amides is 3. The Kier molecular flexibility index (Phi) is 7.43. The topological polar surface area (TPSA) is 90.4 Å². The van der Waals surface area contributed by atoms with Crippen molar-refractivity contribution in [3.63, 3.8) is 0 Å². The lowest BCUT2D eigenvalue weighted by molar-refractivity contribution is -0.141. The van der Waals surface area contributed by atoms with Gasteiger partial charge in [0.1, 0.15) is 11.8 Å². The van der Waals surface area contributed by atoms with Crippen molar-refractivity contribution in [2.75, 3.05) is 36.1 Å². The first kappa shape index (κ1) is 28.6. The van der Waals surface area contributed by atoms with Crippen LogP contribution in [0.1, 0.15) is 25.0 Å². The van der Waals surface area contributed by atoms with Crippen molar-refractivity contribution in [2.24, 2.45) is 11.8 Å². The third kappa shape index (κ3) is 4.36. The van der Waals surface area contributed by atoms with Gasteiger partial charge in [0, 0.05) is 29.7 Å². The van der Waals surface area contributed by atoms with Crippen LogP contribution in [0.4, 0.5) is 11.4 Å². The Labute approximate surface area is 251 Å². The molecule has 2 fully saturated rings. The number of benzene rings is 2. The van der Waals surface area contributed by atoms with E-state index < -0.39 is 28.7 Å². The third-order valence-electron chi connectivity index (χ3n) is 8.95. The zero-order valence-electron chi connectivity index (χ0n) is 24.4. The number of hydrogen-bond donors (Lipinski definition) is 1. The average molecular weight is 588 g/mol. The van der Waals surface area contributed by atoms with Crippen molar-refractivity contribution < 1.29 is 24.2 Å². The van der Waals surface area contributed by atoms with E-state index >= 15 is 0 Å². The Morgan fingerprint density at radius 1 is 1.00 bits per heavy atom. The number of carbonyl (C=O) groups excluding carboxylic acids is 3. The highest BCUT2D eigenvalue weighted by Crippen LogP contribution is 2.61. The smallest absolute Gasteiger partial charge is 0.251 e. The molecule has 1 N–H and O–H groups in total. The fraction of sp³-hybridized carbons (Fsp3) is 0.424. The molecule has 6 atom stereocenters. The monoisotopic (exact) mass is 587 g/mol. The Balaban J connectivity index is 1.42. The summed E-state index contributed by atoms with van der Waals surface area (Å²) < 4.78 is 4.64. The molecule has 0 radical (unpaired) electrons. The van der Waals surface area contributed by atoms with Gasteiger partial charge in [0.2, 0.25) is 11.8 Å². The number of carbonyl (C=O) groups is 3. The molecule has 0 bridgehead atoms. The van der Waals surface area contributed by atoms with Crippen LogP contribution in [0.5, 0.6) is 5.75 Å². The van der Waals surface area contributed by atoms with Crippen LogP contribution < -0.4 is 14.5 Å². The number of aryl methyl sites for hydroxylation is 2. The summed E-state index contributed by atoms with van der Waals surface area (Å²) in [4.78, 5) is 48.5. The van der Waals surface area contributed by atoms with Gasteiger partial charge in [-0.15, -0.1) is 11.8 Å². The predicted octanol–water partition coefficient (Wildman–Crippen LogP) is 3.89. The largest absolute Gasteiger partial charge is 0.494 e. The Hall–Kier alpha value is -3.56. The molecule has 6 rings (SSSR count). The molecule has 3 amide bonds. The molecule has 0 aromatic heterocycles. The van der Waals surface area contributed by atoms with E-state index in [1.165, 1.54) is 0 Å². The number of aliphatic hydroxyl groups excluding tert-OH is 1. The van der Waals surface area contributed by atoms with Crippen LogP contribution in [-0.2, 0) is 14.4 Å². The van der Waals surface area contributed by atoms with Crippen LogP contribution in [0.25, 0.3) is 0 Å². The Morgan fingerprint density at radius 2 is 1.74 bits per heavy atom. The fourth-order valence-corrected chi connectivity index (χ4v) is 8.98. The summed E-state index contributed by atoms with van der Waals surface area (Å²) in [5, 5.41) is 9.96. The van der Waals surface area contributed by atoms with E-state index in [0.717, 1.165) is 28.3 Å². The number of aliphatic hydroxyl groups is 1. The van der Waals surface area contributed by atoms with Crippen LogP contribution in [0.15, 0.2) is 66.8 Å². The highest BCUT2D eigenvalue weighted by Gasteiger charge is 2.71. The summed E-state index contributed by atoms with van der Waals surface area (Å²) in [5.74, 6) is -1.25. The first-order valence-corrected chi connectivity index (χ1v) is 15.5. The SMILES string of the molecule is CCOc1ccc(N2CC=C[C@@H]3S[C@]45C=CCN(c6cc(C)ccc6C)C(=O)C4N([C@H](C)CO)C(=O)[C@@H]5[C@@H]3C2=O)cc1. The highest BCUT2D eigenvalue weighted by molar-refractivity contribution is 8.02. The Morgan fingerprint density at radius 3 is 2.45 bits per heavy atom.